The summed E-state index contributed by atoms with van der Waals surface area (Å²) in [6.07, 6.45) is 6.54. The quantitative estimate of drug-likeness (QED) is 0.497. The van der Waals surface area contributed by atoms with E-state index in [9.17, 15) is 0 Å². The summed E-state index contributed by atoms with van der Waals surface area (Å²) >= 11 is 13.1. The van der Waals surface area contributed by atoms with Crippen LogP contribution in [0.5, 0.6) is 11.8 Å². The molecule has 7 heteroatoms. The van der Waals surface area contributed by atoms with E-state index in [0.717, 1.165) is 29.6 Å². The van der Waals surface area contributed by atoms with E-state index in [1.807, 2.05) is 48.8 Å². The minimum atomic E-state index is 0.400. The monoisotopic (exact) mass is 449 g/mol. The maximum Gasteiger partial charge on any atom is 0.302 e. The summed E-state index contributed by atoms with van der Waals surface area (Å²) in [5.41, 5.74) is 4.06. The van der Waals surface area contributed by atoms with Crippen LogP contribution in [0.15, 0.2) is 45.8 Å². The molecule has 0 aliphatic heterocycles. The zero-order valence-electron chi connectivity index (χ0n) is 18.4. The van der Waals surface area contributed by atoms with Crippen LogP contribution in [-0.4, -0.2) is 35.7 Å². The smallest absolute Gasteiger partial charge is 0.302 e. The van der Waals surface area contributed by atoms with Gasteiger partial charge in [-0.2, -0.15) is 4.98 Å². The molecular formula is C23H29Cl2N3O2. The SMILES string of the molecule is CCC(CC)c1ccc(OC)c2nc(OC3=C(Cl)C=C(N(C)C)CC=C3Cl)n(C)c12. The number of hydrogen-bond donors (Lipinski definition) is 0. The van der Waals surface area contributed by atoms with Crippen molar-refractivity contribution in [1.29, 1.82) is 0 Å². The van der Waals surface area contributed by atoms with E-state index in [2.05, 4.69) is 19.9 Å². The van der Waals surface area contributed by atoms with Crippen LogP contribution in [0.25, 0.3) is 11.0 Å². The number of ether oxygens (including phenoxy) is 2. The lowest BCUT2D eigenvalue weighted by molar-refractivity contribution is 0.390. The summed E-state index contributed by atoms with van der Waals surface area (Å²) < 4.78 is 13.7. The number of methoxy groups -OCH3 is 1. The zero-order valence-corrected chi connectivity index (χ0v) is 19.9. The maximum absolute atomic E-state index is 6.57. The summed E-state index contributed by atoms with van der Waals surface area (Å²) in [7, 11) is 7.54. The van der Waals surface area contributed by atoms with E-state index in [0.29, 0.717) is 39.9 Å². The van der Waals surface area contributed by atoms with E-state index in [4.69, 9.17) is 37.7 Å². The summed E-state index contributed by atoms with van der Waals surface area (Å²) in [5.74, 6) is 1.54. The molecule has 1 heterocycles. The standard InChI is InChI=1S/C23H29Cl2N3O2/c1-7-14(8-2)16-10-12-19(29-6)20-21(16)28(5)23(26-20)30-22-17(24)11-9-15(27(3)4)13-18(22)25/h10-14H,7-9H2,1-6H3. The van der Waals surface area contributed by atoms with Gasteiger partial charge in [-0.25, -0.2) is 0 Å². The van der Waals surface area contributed by atoms with Crippen LogP contribution >= 0.6 is 23.2 Å². The van der Waals surface area contributed by atoms with E-state index in [1.165, 1.54) is 5.56 Å². The molecule has 1 aromatic heterocycles. The Morgan fingerprint density at radius 1 is 1.20 bits per heavy atom. The van der Waals surface area contributed by atoms with Gasteiger partial charge in [0.1, 0.15) is 11.3 Å². The summed E-state index contributed by atoms with van der Waals surface area (Å²) in [6, 6.07) is 4.52. The number of halogens is 2. The van der Waals surface area contributed by atoms with Crippen molar-refractivity contribution < 1.29 is 9.47 Å². The number of aromatic nitrogens is 2. The van der Waals surface area contributed by atoms with Gasteiger partial charge in [0.15, 0.2) is 5.76 Å². The van der Waals surface area contributed by atoms with Crippen molar-refractivity contribution in [3.8, 4) is 11.8 Å². The fourth-order valence-corrected chi connectivity index (χ4v) is 4.32. The Bertz CT molecular complexity index is 1030. The van der Waals surface area contributed by atoms with Crippen molar-refractivity contribution in [2.45, 2.75) is 39.0 Å². The van der Waals surface area contributed by atoms with Crippen LogP contribution in [0.1, 0.15) is 44.6 Å². The summed E-state index contributed by atoms with van der Waals surface area (Å²) in [5, 5.41) is 0.907. The van der Waals surface area contributed by atoms with Gasteiger partial charge in [0.2, 0.25) is 0 Å². The molecule has 162 valence electrons. The highest BCUT2D eigenvalue weighted by molar-refractivity contribution is 6.36. The first-order valence-corrected chi connectivity index (χ1v) is 10.9. The number of hydrogen-bond acceptors (Lipinski definition) is 4. The predicted molar refractivity (Wildman–Crippen MR) is 124 cm³/mol. The molecule has 0 atom stereocenters. The van der Waals surface area contributed by atoms with E-state index < -0.39 is 0 Å². The van der Waals surface area contributed by atoms with Crippen molar-refractivity contribution in [3.05, 3.63) is 51.4 Å². The molecule has 1 aliphatic rings. The number of allylic oxidation sites excluding steroid dienone is 4. The minimum absolute atomic E-state index is 0.400. The van der Waals surface area contributed by atoms with Crippen LogP contribution in [0, 0.1) is 0 Å². The molecule has 0 N–H and O–H groups in total. The third-order valence-corrected chi connectivity index (χ3v) is 6.21. The zero-order chi connectivity index (χ0) is 22.0. The molecule has 1 aliphatic carbocycles. The topological polar surface area (TPSA) is 39.5 Å². The number of benzene rings is 1. The molecule has 0 spiro atoms. The highest BCUT2D eigenvalue weighted by atomic mass is 35.5. The lowest BCUT2D eigenvalue weighted by atomic mass is 9.92. The van der Waals surface area contributed by atoms with Crippen LogP contribution in [0.2, 0.25) is 0 Å². The molecule has 30 heavy (non-hydrogen) atoms. The number of nitrogens with zero attached hydrogens (tertiary/aromatic N) is 3. The number of imidazole rings is 1. The summed E-state index contributed by atoms with van der Waals surface area (Å²) in [4.78, 5) is 6.76. The van der Waals surface area contributed by atoms with Gasteiger partial charge in [-0.15, -0.1) is 0 Å². The van der Waals surface area contributed by atoms with Crippen molar-refractivity contribution >= 4 is 34.2 Å². The van der Waals surface area contributed by atoms with E-state index in [-0.39, 0.29) is 0 Å². The summed E-state index contributed by atoms with van der Waals surface area (Å²) in [6.45, 7) is 4.40. The fourth-order valence-electron chi connectivity index (χ4n) is 3.79. The third-order valence-electron chi connectivity index (χ3n) is 5.61. The van der Waals surface area contributed by atoms with Crippen LogP contribution < -0.4 is 9.47 Å². The Morgan fingerprint density at radius 2 is 1.90 bits per heavy atom. The van der Waals surface area contributed by atoms with Crippen LogP contribution in [0.4, 0.5) is 0 Å². The van der Waals surface area contributed by atoms with Crippen molar-refractivity contribution in [1.82, 2.24) is 14.5 Å². The maximum atomic E-state index is 6.57. The van der Waals surface area contributed by atoms with Crippen molar-refractivity contribution in [2.75, 3.05) is 21.2 Å². The van der Waals surface area contributed by atoms with Crippen molar-refractivity contribution in [2.24, 2.45) is 7.05 Å². The number of aryl methyl sites for hydroxylation is 1. The Hall–Kier alpha value is -2.11. The van der Waals surface area contributed by atoms with E-state index >= 15 is 0 Å². The van der Waals surface area contributed by atoms with Crippen LogP contribution in [-0.2, 0) is 7.05 Å². The second kappa shape index (κ2) is 9.36. The Kier molecular flexibility index (Phi) is 7.04. The normalized spacial score (nSPS) is 14.7. The molecule has 0 saturated carbocycles. The van der Waals surface area contributed by atoms with Gasteiger partial charge in [0.05, 0.1) is 22.7 Å². The second-order valence-corrected chi connectivity index (χ2v) is 8.40. The van der Waals surface area contributed by atoms with Gasteiger partial charge in [-0.05, 0) is 36.5 Å². The molecule has 0 saturated heterocycles. The first-order valence-electron chi connectivity index (χ1n) is 10.2. The van der Waals surface area contributed by atoms with Gasteiger partial charge >= 0.3 is 6.01 Å². The molecule has 3 rings (SSSR count). The molecule has 0 radical (unpaired) electrons. The molecular weight excluding hydrogens is 421 g/mol. The van der Waals surface area contributed by atoms with E-state index in [1.54, 1.807) is 7.11 Å². The van der Waals surface area contributed by atoms with Crippen molar-refractivity contribution in [3.63, 3.8) is 0 Å². The molecule has 2 aromatic rings. The van der Waals surface area contributed by atoms with Gasteiger partial charge in [-0.1, -0.05) is 49.2 Å². The number of fused-ring (bicyclic) bond motifs is 1. The Labute approximate surface area is 188 Å². The lowest BCUT2D eigenvalue weighted by Crippen LogP contribution is -2.10. The largest absolute Gasteiger partial charge is 0.494 e. The Balaban J connectivity index is 2.14. The highest BCUT2D eigenvalue weighted by Crippen LogP contribution is 2.38. The first kappa shape index (κ1) is 22.6. The average Bonchev–Trinajstić information content (AvgIpc) is 2.98. The van der Waals surface area contributed by atoms with Gasteiger partial charge in [0, 0.05) is 33.3 Å². The van der Waals surface area contributed by atoms with Gasteiger partial charge in [0.25, 0.3) is 0 Å². The number of rotatable bonds is 7. The second-order valence-electron chi connectivity index (χ2n) is 7.59. The van der Waals surface area contributed by atoms with Gasteiger partial charge in [-0.3, -0.25) is 4.57 Å². The molecule has 0 amide bonds. The molecule has 0 bridgehead atoms. The van der Waals surface area contributed by atoms with Crippen LogP contribution in [0.3, 0.4) is 0 Å². The van der Waals surface area contributed by atoms with Gasteiger partial charge < -0.3 is 14.4 Å². The fraction of sp³-hybridized carbons (Fsp3) is 0.435. The highest BCUT2D eigenvalue weighted by Gasteiger charge is 2.23. The lowest BCUT2D eigenvalue weighted by Gasteiger charge is -2.16. The Morgan fingerprint density at radius 3 is 2.50 bits per heavy atom. The average molecular weight is 450 g/mol. The molecule has 5 nitrogen and oxygen atoms in total. The molecule has 0 unspecified atom stereocenters. The first-order chi connectivity index (χ1) is 14.3. The molecule has 1 aromatic carbocycles. The third kappa shape index (κ3) is 4.19. The minimum Gasteiger partial charge on any atom is -0.494 e. The molecule has 0 fully saturated rings. The predicted octanol–water partition coefficient (Wildman–Crippen LogP) is 6.29.